The average molecular weight is 320 g/mol. The molecule has 0 spiro atoms. The predicted octanol–water partition coefficient (Wildman–Crippen LogP) is 1.69. The number of thiophene rings is 1. The molecule has 1 amide bonds. The van der Waals surface area contributed by atoms with Gasteiger partial charge in [-0.25, -0.2) is 9.97 Å². The van der Waals surface area contributed by atoms with Crippen molar-refractivity contribution in [3.05, 3.63) is 23.1 Å². The molecule has 0 unspecified atom stereocenters. The van der Waals surface area contributed by atoms with Crippen molar-refractivity contribution in [3.8, 4) is 6.07 Å². The third kappa shape index (κ3) is 3.84. The van der Waals surface area contributed by atoms with Crippen LogP contribution in [0.5, 0.6) is 0 Å². The summed E-state index contributed by atoms with van der Waals surface area (Å²) in [5, 5.41) is 13.8. The normalized spacial score (nSPS) is 11.6. The van der Waals surface area contributed by atoms with E-state index in [2.05, 4.69) is 15.3 Å². The molecule has 0 bridgehead atoms. The fraction of sp³-hybridized carbons (Fsp3) is 0.167. The maximum Gasteiger partial charge on any atom is 0.238 e. The number of nitrogens with one attached hydrogen (secondary N) is 1. The molecule has 0 fully saturated rings. The minimum atomic E-state index is -0.458. The van der Waals surface area contributed by atoms with Gasteiger partial charge in [-0.05, 0) is 18.4 Å². The molecule has 21 heavy (non-hydrogen) atoms. The van der Waals surface area contributed by atoms with Crippen LogP contribution in [0.4, 0.5) is 16.6 Å². The largest absolute Gasteiger partial charge is 0.383 e. The summed E-state index contributed by atoms with van der Waals surface area (Å²) in [7, 11) is 0. The van der Waals surface area contributed by atoms with E-state index in [4.69, 9.17) is 16.7 Å². The molecule has 0 saturated carbocycles. The van der Waals surface area contributed by atoms with Gasteiger partial charge in [-0.2, -0.15) is 5.26 Å². The molecule has 0 aliphatic carbocycles. The van der Waals surface area contributed by atoms with Gasteiger partial charge in [0.2, 0.25) is 5.91 Å². The summed E-state index contributed by atoms with van der Waals surface area (Å²) in [5.41, 5.74) is 11.6. The Morgan fingerprint density at radius 3 is 2.76 bits per heavy atom. The van der Waals surface area contributed by atoms with Gasteiger partial charge in [0.1, 0.15) is 22.7 Å². The first-order valence-corrected chi connectivity index (χ1v) is 7.60. The summed E-state index contributed by atoms with van der Waals surface area (Å²) in [6, 6.07) is 5.11. The number of hydrogen-bond donors (Lipinski definition) is 3. The average Bonchev–Trinajstić information content (AvgIpc) is 2.84. The molecule has 0 aliphatic heterocycles. The van der Waals surface area contributed by atoms with E-state index in [1.807, 2.05) is 6.07 Å². The molecule has 1 atom stereocenters. The number of nitrogens with two attached hydrogens (primary N) is 2. The van der Waals surface area contributed by atoms with E-state index in [0.29, 0.717) is 15.7 Å². The van der Waals surface area contributed by atoms with E-state index in [1.165, 1.54) is 17.4 Å². The smallest absolute Gasteiger partial charge is 0.238 e. The molecule has 0 aromatic carbocycles. The molecule has 108 valence electrons. The van der Waals surface area contributed by atoms with Crippen LogP contribution in [0.25, 0.3) is 0 Å². The number of thioether (sulfide) groups is 1. The van der Waals surface area contributed by atoms with Crippen LogP contribution in [-0.2, 0) is 4.79 Å². The number of nitriles is 1. The zero-order chi connectivity index (χ0) is 15.4. The molecule has 2 rings (SSSR count). The van der Waals surface area contributed by atoms with Crippen molar-refractivity contribution in [1.82, 2.24) is 9.97 Å². The molecule has 5 N–H and O–H groups in total. The second-order valence-corrected chi connectivity index (χ2v) is 6.25. The van der Waals surface area contributed by atoms with Gasteiger partial charge in [-0.3, -0.25) is 4.79 Å². The Labute approximate surface area is 129 Å². The number of anilines is 3. The van der Waals surface area contributed by atoms with E-state index in [9.17, 15) is 4.79 Å². The Bertz CT molecular complexity index is 688. The number of aromatic nitrogens is 2. The molecule has 7 nitrogen and oxygen atoms in total. The van der Waals surface area contributed by atoms with Crippen LogP contribution in [0.2, 0.25) is 0 Å². The first-order valence-electron chi connectivity index (χ1n) is 5.84. The van der Waals surface area contributed by atoms with Gasteiger partial charge in [-0.15, -0.1) is 11.3 Å². The van der Waals surface area contributed by atoms with Crippen molar-refractivity contribution in [1.29, 1.82) is 5.26 Å². The molecule has 0 aliphatic rings. The van der Waals surface area contributed by atoms with E-state index in [-0.39, 0.29) is 17.5 Å². The second-order valence-electron chi connectivity index (χ2n) is 4.02. The number of hydrogen-bond acceptors (Lipinski definition) is 8. The van der Waals surface area contributed by atoms with E-state index in [1.54, 1.807) is 18.4 Å². The van der Waals surface area contributed by atoms with Crippen LogP contribution in [-0.4, -0.2) is 21.1 Å². The highest BCUT2D eigenvalue weighted by Crippen LogP contribution is 2.26. The molecule has 9 heteroatoms. The summed E-state index contributed by atoms with van der Waals surface area (Å²) in [6.45, 7) is 1.71. The summed E-state index contributed by atoms with van der Waals surface area (Å²) in [4.78, 5) is 20.1. The number of nitrogen functional groups attached to an aromatic ring is 2. The number of rotatable bonds is 4. The SMILES string of the molecule is C[C@H](Sc1nc(N)cc(N)n1)C(=O)Nc1sccc1C#N. The lowest BCUT2D eigenvalue weighted by Gasteiger charge is -2.10. The minimum Gasteiger partial charge on any atom is -0.383 e. The van der Waals surface area contributed by atoms with Gasteiger partial charge in [0.25, 0.3) is 0 Å². The number of nitrogens with zero attached hydrogens (tertiary/aromatic N) is 3. The van der Waals surface area contributed by atoms with Crippen LogP contribution in [0.3, 0.4) is 0 Å². The third-order valence-electron chi connectivity index (χ3n) is 2.42. The van der Waals surface area contributed by atoms with Crippen LogP contribution in [0.1, 0.15) is 12.5 Å². The van der Waals surface area contributed by atoms with Crippen LogP contribution in [0.15, 0.2) is 22.7 Å². The van der Waals surface area contributed by atoms with E-state index >= 15 is 0 Å². The summed E-state index contributed by atoms with van der Waals surface area (Å²) in [5.74, 6) is 0.258. The lowest BCUT2D eigenvalue weighted by Crippen LogP contribution is -2.22. The molecular weight excluding hydrogens is 308 g/mol. The molecule has 2 aromatic rings. The van der Waals surface area contributed by atoms with Crippen molar-refractivity contribution < 1.29 is 4.79 Å². The summed E-state index contributed by atoms with van der Waals surface area (Å²) >= 11 is 2.44. The van der Waals surface area contributed by atoms with Gasteiger partial charge in [-0.1, -0.05) is 11.8 Å². The van der Waals surface area contributed by atoms with E-state index in [0.717, 1.165) is 11.8 Å². The third-order valence-corrected chi connectivity index (χ3v) is 4.21. The van der Waals surface area contributed by atoms with Crippen molar-refractivity contribution >= 4 is 45.6 Å². The fourth-order valence-corrected chi connectivity index (χ4v) is 2.97. The topological polar surface area (TPSA) is 131 Å². The first-order chi connectivity index (χ1) is 9.99. The van der Waals surface area contributed by atoms with Crippen molar-refractivity contribution in [2.45, 2.75) is 17.3 Å². The highest BCUT2D eigenvalue weighted by Gasteiger charge is 2.18. The van der Waals surface area contributed by atoms with Gasteiger partial charge >= 0.3 is 0 Å². The zero-order valence-electron chi connectivity index (χ0n) is 11.0. The Hall–Kier alpha value is -2.31. The molecule has 2 aromatic heterocycles. The quantitative estimate of drug-likeness (QED) is 0.577. The Kier molecular flexibility index (Phi) is 4.62. The maximum atomic E-state index is 12.1. The summed E-state index contributed by atoms with van der Waals surface area (Å²) < 4.78 is 0. The second kappa shape index (κ2) is 6.43. The minimum absolute atomic E-state index is 0.247. The molecule has 0 saturated heterocycles. The van der Waals surface area contributed by atoms with Crippen LogP contribution < -0.4 is 16.8 Å². The Morgan fingerprint density at radius 1 is 1.48 bits per heavy atom. The lowest BCUT2D eigenvalue weighted by molar-refractivity contribution is -0.115. The summed E-state index contributed by atoms with van der Waals surface area (Å²) in [6.07, 6.45) is 0. The predicted molar refractivity (Wildman–Crippen MR) is 83.8 cm³/mol. The van der Waals surface area contributed by atoms with Crippen molar-refractivity contribution in [3.63, 3.8) is 0 Å². The molecule has 2 heterocycles. The monoisotopic (exact) mass is 320 g/mol. The van der Waals surface area contributed by atoms with Crippen LogP contribution >= 0.6 is 23.1 Å². The van der Waals surface area contributed by atoms with Gasteiger partial charge in [0.05, 0.1) is 10.8 Å². The number of carbonyl (C=O) groups excluding carboxylic acids is 1. The van der Waals surface area contributed by atoms with Crippen LogP contribution in [0, 0.1) is 11.3 Å². The van der Waals surface area contributed by atoms with Gasteiger partial charge in [0, 0.05) is 6.07 Å². The highest BCUT2D eigenvalue weighted by molar-refractivity contribution is 8.00. The fourth-order valence-electron chi connectivity index (χ4n) is 1.43. The molecular formula is C12H12N6OS2. The number of carbonyl (C=O) groups is 1. The van der Waals surface area contributed by atoms with Gasteiger partial charge in [0.15, 0.2) is 5.16 Å². The first kappa shape index (κ1) is 15.1. The van der Waals surface area contributed by atoms with E-state index < -0.39 is 5.25 Å². The van der Waals surface area contributed by atoms with Gasteiger partial charge < -0.3 is 16.8 Å². The standard InChI is InChI=1S/C12H12N6OS2/c1-6(21-12-16-8(14)4-9(15)17-12)10(19)18-11-7(5-13)2-3-20-11/h2-4,6H,1H3,(H,18,19)(H4,14,15,16,17)/t6-/m0/s1. The maximum absolute atomic E-state index is 12.1. The highest BCUT2D eigenvalue weighted by atomic mass is 32.2. The Balaban J connectivity index is 2.04. The zero-order valence-corrected chi connectivity index (χ0v) is 12.7. The number of amides is 1. The van der Waals surface area contributed by atoms with Crippen molar-refractivity contribution in [2.24, 2.45) is 0 Å². The Morgan fingerprint density at radius 2 is 2.14 bits per heavy atom. The van der Waals surface area contributed by atoms with Crippen molar-refractivity contribution in [2.75, 3.05) is 16.8 Å². The molecule has 0 radical (unpaired) electrons. The lowest BCUT2D eigenvalue weighted by atomic mass is 10.3.